The van der Waals surface area contributed by atoms with Crippen molar-refractivity contribution >= 4 is 5.69 Å². The summed E-state index contributed by atoms with van der Waals surface area (Å²) >= 11 is 0. The predicted octanol–water partition coefficient (Wildman–Crippen LogP) is 3.07. The summed E-state index contributed by atoms with van der Waals surface area (Å²) in [6.45, 7) is 5.28. The van der Waals surface area contributed by atoms with Crippen LogP contribution in [0.1, 0.15) is 19.8 Å². The van der Waals surface area contributed by atoms with Crippen molar-refractivity contribution in [3.8, 4) is 0 Å². The second kappa shape index (κ2) is 9.85. The molecule has 0 unspecified atom stereocenters. The third-order valence-electron chi connectivity index (χ3n) is 2.45. The Labute approximate surface area is 108 Å². The van der Waals surface area contributed by atoms with Gasteiger partial charge in [-0.2, -0.15) is 0 Å². The lowest BCUT2D eigenvalue weighted by Crippen LogP contribution is -2.13. The second-order valence-corrected chi connectivity index (χ2v) is 3.98. The fourth-order valence-corrected chi connectivity index (χ4v) is 1.43. The first-order chi connectivity index (χ1) is 8.84. The van der Waals surface area contributed by atoms with Gasteiger partial charge in [0.2, 0.25) is 0 Å². The summed E-state index contributed by atoms with van der Waals surface area (Å²) in [5.74, 6) is -0.236. The number of rotatable bonds is 10. The van der Waals surface area contributed by atoms with Crippen LogP contribution in [0.2, 0.25) is 0 Å². The molecular weight excluding hydrogens is 233 g/mol. The zero-order valence-electron chi connectivity index (χ0n) is 11.0. The van der Waals surface area contributed by atoms with Crippen LogP contribution < -0.4 is 5.32 Å². The molecule has 0 amide bonds. The maximum atomic E-state index is 13.2. The van der Waals surface area contributed by atoms with Gasteiger partial charge in [-0.25, -0.2) is 4.39 Å². The summed E-state index contributed by atoms with van der Waals surface area (Å²) in [6, 6.07) is 6.62. The van der Waals surface area contributed by atoms with Gasteiger partial charge in [-0.3, -0.25) is 0 Å². The van der Waals surface area contributed by atoms with Gasteiger partial charge in [-0.15, -0.1) is 0 Å². The van der Waals surface area contributed by atoms with Crippen LogP contribution >= 0.6 is 0 Å². The Bertz CT molecular complexity index is 320. The highest BCUT2D eigenvalue weighted by Gasteiger charge is 1.98. The molecular formula is C14H22FNO2. The van der Waals surface area contributed by atoms with E-state index in [1.54, 1.807) is 18.2 Å². The minimum Gasteiger partial charge on any atom is -0.380 e. The SMILES string of the molecule is CCCCOCCOCCNc1ccccc1F. The third kappa shape index (κ3) is 6.57. The Kier molecular flexibility index (Phi) is 8.17. The Morgan fingerprint density at radius 1 is 1.06 bits per heavy atom. The number of para-hydroxylation sites is 1. The van der Waals surface area contributed by atoms with Crippen LogP contribution in [-0.2, 0) is 9.47 Å². The number of hydrogen-bond acceptors (Lipinski definition) is 3. The van der Waals surface area contributed by atoms with Crippen LogP contribution in [0.5, 0.6) is 0 Å². The van der Waals surface area contributed by atoms with Crippen molar-refractivity contribution in [1.82, 2.24) is 0 Å². The minimum atomic E-state index is -0.236. The van der Waals surface area contributed by atoms with Crippen molar-refractivity contribution in [2.75, 3.05) is 38.3 Å². The summed E-state index contributed by atoms with van der Waals surface area (Å²) in [5, 5.41) is 2.98. The van der Waals surface area contributed by atoms with Crippen molar-refractivity contribution in [3.05, 3.63) is 30.1 Å². The fraction of sp³-hybridized carbons (Fsp3) is 0.571. The van der Waals surface area contributed by atoms with Crippen LogP contribution in [0, 0.1) is 5.82 Å². The molecule has 1 N–H and O–H groups in total. The third-order valence-corrected chi connectivity index (χ3v) is 2.45. The molecule has 1 aromatic carbocycles. The quantitative estimate of drug-likeness (QED) is 0.652. The summed E-state index contributed by atoms with van der Waals surface area (Å²) in [5.41, 5.74) is 0.514. The van der Waals surface area contributed by atoms with E-state index in [1.807, 2.05) is 0 Å². The maximum absolute atomic E-state index is 13.2. The number of halogens is 1. The lowest BCUT2D eigenvalue weighted by atomic mass is 10.3. The number of hydrogen-bond donors (Lipinski definition) is 1. The van der Waals surface area contributed by atoms with E-state index in [9.17, 15) is 4.39 Å². The van der Waals surface area contributed by atoms with Crippen LogP contribution in [0.15, 0.2) is 24.3 Å². The topological polar surface area (TPSA) is 30.5 Å². The molecule has 3 nitrogen and oxygen atoms in total. The van der Waals surface area contributed by atoms with Crippen molar-refractivity contribution < 1.29 is 13.9 Å². The number of nitrogens with one attached hydrogen (secondary N) is 1. The Balaban J connectivity index is 1.94. The molecule has 4 heteroatoms. The van der Waals surface area contributed by atoms with Gasteiger partial charge in [0.15, 0.2) is 0 Å². The first-order valence-corrected chi connectivity index (χ1v) is 6.48. The molecule has 0 heterocycles. The molecule has 0 atom stereocenters. The highest BCUT2D eigenvalue weighted by Crippen LogP contribution is 2.11. The molecule has 0 saturated heterocycles. The average molecular weight is 255 g/mol. The number of anilines is 1. The van der Waals surface area contributed by atoms with Crippen molar-refractivity contribution in [2.24, 2.45) is 0 Å². The molecule has 0 fully saturated rings. The standard InChI is InChI=1S/C14H22FNO2/c1-2-3-9-17-11-12-18-10-8-16-14-7-5-4-6-13(14)15/h4-7,16H,2-3,8-12H2,1H3. The van der Waals surface area contributed by atoms with Gasteiger partial charge in [-0.1, -0.05) is 25.5 Å². The van der Waals surface area contributed by atoms with E-state index >= 15 is 0 Å². The van der Waals surface area contributed by atoms with Gasteiger partial charge in [-0.05, 0) is 18.6 Å². The molecule has 0 radical (unpaired) electrons. The van der Waals surface area contributed by atoms with Gasteiger partial charge in [0, 0.05) is 13.2 Å². The van der Waals surface area contributed by atoms with E-state index in [4.69, 9.17) is 9.47 Å². The molecule has 0 aliphatic carbocycles. The average Bonchev–Trinajstić information content (AvgIpc) is 2.39. The largest absolute Gasteiger partial charge is 0.380 e. The second-order valence-electron chi connectivity index (χ2n) is 3.98. The summed E-state index contributed by atoms with van der Waals surface area (Å²) < 4.78 is 23.9. The van der Waals surface area contributed by atoms with Crippen LogP contribution in [-0.4, -0.2) is 33.0 Å². The highest BCUT2D eigenvalue weighted by atomic mass is 19.1. The first kappa shape index (κ1) is 14.9. The van der Waals surface area contributed by atoms with E-state index < -0.39 is 0 Å². The van der Waals surface area contributed by atoms with Crippen molar-refractivity contribution in [1.29, 1.82) is 0 Å². The van der Waals surface area contributed by atoms with Crippen molar-refractivity contribution in [2.45, 2.75) is 19.8 Å². The Hall–Kier alpha value is -1.13. The molecule has 0 aliphatic heterocycles. The van der Waals surface area contributed by atoms with Gasteiger partial charge >= 0.3 is 0 Å². The predicted molar refractivity (Wildman–Crippen MR) is 71.4 cm³/mol. The summed E-state index contributed by atoms with van der Waals surface area (Å²) in [6.07, 6.45) is 2.24. The van der Waals surface area contributed by atoms with Gasteiger partial charge in [0.25, 0.3) is 0 Å². The van der Waals surface area contributed by atoms with Gasteiger partial charge in [0.05, 0.1) is 25.5 Å². The zero-order valence-corrected chi connectivity index (χ0v) is 11.0. The number of benzene rings is 1. The highest BCUT2D eigenvalue weighted by molar-refractivity contribution is 5.44. The van der Waals surface area contributed by atoms with Crippen LogP contribution in [0.25, 0.3) is 0 Å². The smallest absolute Gasteiger partial charge is 0.146 e. The molecule has 1 aromatic rings. The van der Waals surface area contributed by atoms with Gasteiger partial charge < -0.3 is 14.8 Å². The molecule has 1 rings (SSSR count). The Morgan fingerprint density at radius 2 is 1.78 bits per heavy atom. The van der Waals surface area contributed by atoms with E-state index in [2.05, 4.69) is 12.2 Å². The molecule has 0 saturated carbocycles. The molecule has 0 bridgehead atoms. The van der Waals surface area contributed by atoms with E-state index in [0.717, 1.165) is 19.4 Å². The van der Waals surface area contributed by atoms with E-state index in [1.165, 1.54) is 6.07 Å². The fourth-order valence-electron chi connectivity index (χ4n) is 1.43. The number of ether oxygens (including phenoxy) is 2. The number of unbranched alkanes of at least 4 members (excludes halogenated alkanes) is 1. The minimum absolute atomic E-state index is 0.236. The van der Waals surface area contributed by atoms with Crippen LogP contribution in [0.4, 0.5) is 10.1 Å². The molecule has 0 spiro atoms. The monoisotopic (exact) mass is 255 g/mol. The molecule has 18 heavy (non-hydrogen) atoms. The lowest BCUT2D eigenvalue weighted by molar-refractivity contribution is 0.0505. The maximum Gasteiger partial charge on any atom is 0.146 e. The summed E-state index contributed by atoms with van der Waals surface area (Å²) in [4.78, 5) is 0. The molecule has 102 valence electrons. The lowest BCUT2D eigenvalue weighted by Gasteiger charge is -2.08. The van der Waals surface area contributed by atoms with E-state index in [0.29, 0.717) is 32.1 Å². The Morgan fingerprint density at radius 3 is 2.50 bits per heavy atom. The van der Waals surface area contributed by atoms with Gasteiger partial charge in [0.1, 0.15) is 5.82 Å². The zero-order chi connectivity index (χ0) is 13.1. The normalized spacial score (nSPS) is 10.6. The molecule has 0 aromatic heterocycles. The molecule has 0 aliphatic rings. The van der Waals surface area contributed by atoms with E-state index in [-0.39, 0.29) is 5.82 Å². The van der Waals surface area contributed by atoms with Crippen LogP contribution in [0.3, 0.4) is 0 Å². The summed E-state index contributed by atoms with van der Waals surface area (Å²) in [7, 11) is 0. The first-order valence-electron chi connectivity index (χ1n) is 6.48. The van der Waals surface area contributed by atoms with Crippen molar-refractivity contribution in [3.63, 3.8) is 0 Å².